The third-order valence-corrected chi connectivity index (χ3v) is 3.09. The Labute approximate surface area is 98.5 Å². The second-order valence-electron chi connectivity index (χ2n) is 5.83. The predicted molar refractivity (Wildman–Crippen MR) is 66.3 cm³/mol. The predicted octanol–water partition coefficient (Wildman–Crippen LogP) is 2.66. The minimum atomic E-state index is 0.121. The standard InChI is InChI=1S/C13H24N2O/c1-10(2)15-7-6-12(14-15)8-11(9-16)13(3,4)5/h6-7,10-11,16H,8-9H2,1-5H3. The fourth-order valence-corrected chi connectivity index (χ4v) is 1.67. The summed E-state index contributed by atoms with van der Waals surface area (Å²) in [5.74, 6) is 0.267. The first-order valence-corrected chi connectivity index (χ1v) is 5.99. The normalized spacial score (nSPS) is 14.4. The van der Waals surface area contributed by atoms with E-state index in [0.29, 0.717) is 6.04 Å². The van der Waals surface area contributed by atoms with E-state index in [4.69, 9.17) is 0 Å². The van der Waals surface area contributed by atoms with Gasteiger partial charge in [-0.15, -0.1) is 0 Å². The molecule has 0 saturated heterocycles. The molecular formula is C13H24N2O. The molecule has 1 atom stereocenters. The van der Waals surface area contributed by atoms with Crippen LogP contribution in [0, 0.1) is 11.3 Å². The molecule has 0 fully saturated rings. The molecule has 0 aliphatic heterocycles. The molecule has 1 rings (SSSR count). The van der Waals surface area contributed by atoms with Crippen LogP contribution in [-0.2, 0) is 6.42 Å². The lowest BCUT2D eigenvalue weighted by molar-refractivity contribution is 0.130. The van der Waals surface area contributed by atoms with Crippen molar-refractivity contribution in [3.8, 4) is 0 Å². The van der Waals surface area contributed by atoms with Crippen molar-refractivity contribution in [2.75, 3.05) is 6.61 Å². The van der Waals surface area contributed by atoms with E-state index in [1.807, 2.05) is 10.9 Å². The number of rotatable bonds is 4. The van der Waals surface area contributed by atoms with Crippen LogP contribution in [-0.4, -0.2) is 21.5 Å². The fraction of sp³-hybridized carbons (Fsp3) is 0.769. The van der Waals surface area contributed by atoms with E-state index in [0.717, 1.165) is 12.1 Å². The van der Waals surface area contributed by atoms with Crippen LogP contribution in [0.15, 0.2) is 12.3 Å². The molecule has 16 heavy (non-hydrogen) atoms. The smallest absolute Gasteiger partial charge is 0.0628 e. The van der Waals surface area contributed by atoms with E-state index >= 15 is 0 Å². The van der Waals surface area contributed by atoms with Crippen LogP contribution in [0.3, 0.4) is 0 Å². The van der Waals surface area contributed by atoms with Crippen LogP contribution in [0.25, 0.3) is 0 Å². The minimum Gasteiger partial charge on any atom is -0.396 e. The van der Waals surface area contributed by atoms with Gasteiger partial charge in [-0.25, -0.2) is 0 Å². The molecule has 92 valence electrons. The zero-order chi connectivity index (χ0) is 12.3. The highest BCUT2D eigenvalue weighted by Gasteiger charge is 2.24. The van der Waals surface area contributed by atoms with Crippen molar-refractivity contribution < 1.29 is 5.11 Å². The topological polar surface area (TPSA) is 38.0 Å². The maximum Gasteiger partial charge on any atom is 0.0628 e. The molecule has 1 N–H and O–H groups in total. The number of hydrogen-bond acceptors (Lipinski definition) is 2. The SMILES string of the molecule is CC(C)n1ccc(CC(CO)C(C)(C)C)n1. The molecule has 0 aliphatic rings. The van der Waals surface area contributed by atoms with E-state index in [9.17, 15) is 5.11 Å². The zero-order valence-electron chi connectivity index (χ0n) is 11.1. The average molecular weight is 224 g/mol. The maximum atomic E-state index is 9.40. The van der Waals surface area contributed by atoms with E-state index in [1.165, 1.54) is 0 Å². The Morgan fingerprint density at radius 1 is 1.38 bits per heavy atom. The molecule has 0 aromatic carbocycles. The summed E-state index contributed by atoms with van der Waals surface area (Å²) in [6.45, 7) is 10.9. The van der Waals surface area contributed by atoms with Gasteiger partial charge in [-0.05, 0) is 37.7 Å². The van der Waals surface area contributed by atoms with Gasteiger partial charge in [-0.3, -0.25) is 4.68 Å². The third kappa shape index (κ3) is 3.34. The van der Waals surface area contributed by atoms with E-state index in [2.05, 4.69) is 45.8 Å². The lowest BCUT2D eigenvalue weighted by atomic mass is 9.79. The molecule has 1 unspecified atom stereocenters. The van der Waals surface area contributed by atoms with Crippen molar-refractivity contribution in [1.82, 2.24) is 9.78 Å². The fourth-order valence-electron chi connectivity index (χ4n) is 1.67. The molecule has 1 aromatic rings. The molecule has 0 bridgehead atoms. The van der Waals surface area contributed by atoms with Gasteiger partial charge in [0.15, 0.2) is 0 Å². The van der Waals surface area contributed by atoms with Crippen LogP contribution in [0.5, 0.6) is 0 Å². The Kier molecular flexibility index (Phi) is 4.14. The van der Waals surface area contributed by atoms with Crippen molar-refractivity contribution in [1.29, 1.82) is 0 Å². The Bertz CT molecular complexity index is 323. The highest BCUT2D eigenvalue weighted by molar-refractivity contribution is 5.02. The van der Waals surface area contributed by atoms with Crippen LogP contribution >= 0.6 is 0 Å². The molecule has 3 heteroatoms. The molecule has 0 spiro atoms. The van der Waals surface area contributed by atoms with Crippen molar-refractivity contribution in [3.63, 3.8) is 0 Å². The van der Waals surface area contributed by atoms with E-state index < -0.39 is 0 Å². The number of hydrogen-bond donors (Lipinski definition) is 1. The summed E-state index contributed by atoms with van der Waals surface area (Å²) in [4.78, 5) is 0. The van der Waals surface area contributed by atoms with Gasteiger partial charge < -0.3 is 5.11 Å². The van der Waals surface area contributed by atoms with Crippen molar-refractivity contribution in [3.05, 3.63) is 18.0 Å². The summed E-state index contributed by atoms with van der Waals surface area (Å²) >= 11 is 0. The van der Waals surface area contributed by atoms with Gasteiger partial charge >= 0.3 is 0 Å². The van der Waals surface area contributed by atoms with Crippen molar-refractivity contribution >= 4 is 0 Å². The summed E-state index contributed by atoms with van der Waals surface area (Å²) in [5.41, 5.74) is 1.19. The Morgan fingerprint density at radius 2 is 2.00 bits per heavy atom. The maximum absolute atomic E-state index is 9.40. The van der Waals surface area contributed by atoms with Crippen LogP contribution in [0.2, 0.25) is 0 Å². The Hall–Kier alpha value is -0.830. The first-order chi connectivity index (χ1) is 7.34. The number of nitrogens with zero attached hydrogens (tertiary/aromatic N) is 2. The summed E-state index contributed by atoms with van der Waals surface area (Å²) in [5, 5.41) is 13.9. The molecular weight excluding hydrogens is 200 g/mol. The highest BCUT2D eigenvalue weighted by atomic mass is 16.3. The van der Waals surface area contributed by atoms with Gasteiger partial charge in [0.05, 0.1) is 5.69 Å². The third-order valence-electron chi connectivity index (χ3n) is 3.09. The van der Waals surface area contributed by atoms with Crippen LogP contribution in [0.1, 0.15) is 46.4 Å². The highest BCUT2D eigenvalue weighted by Crippen LogP contribution is 2.28. The molecule has 0 amide bonds. The van der Waals surface area contributed by atoms with Gasteiger partial charge in [0, 0.05) is 18.8 Å². The van der Waals surface area contributed by atoms with Gasteiger partial charge in [-0.2, -0.15) is 5.10 Å². The van der Waals surface area contributed by atoms with Gasteiger partial charge in [0.25, 0.3) is 0 Å². The first kappa shape index (κ1) is 13.2. The summed E-state index contributed by atoms with van der Waals surface area (Å²) < 4.78 is 1.96. The second-order valence-corrected chi connectivity index (χ2v) is 5.83. The molecule has 0 saturated carbocycles. The van der Waals surface area contributed by atoms with E-state index in [1.54, 1.807) is 0 Å². The number of aliphatic hydroxyl groups excluding tert-OH is 1. The quantitative estimate of drug-likeness (QED) is 0.854. The summed E-state index contributed by atoms with van der Waals surface area (Å²) in [7, 11) is 0. The first-order valence-electron chi connectivity index (χ1n) is 5.99. The molecule has 3 nitrogen and oxygen atoms in total. The van der Waals surface area contributed by atoms with E-state index in [-0.39, 0.29) is 17.9 Å². The largest absolute Gasteiger partial charge is 0.396 e. The number of aliphatic hydroxyl groups is 1. The molecule has 1 aromatic heterocycles. The monoisotopic (exact) mass is 224 g/mol. The van der Waals surface area contributed by atoms with Crippen LogP contribution in [0.4, 0.5) is 0 Å². The van der Waals surface area contributed by atoms with Gasteiger partial charge in [0.2, 0.25) is 0 Å². The second kappa shape index (κ2) is 5.00. The Balaban J connectivity index is 2.71. The average Bonchev–Trinajstić information content (AvgIpc) is 2.60. The van der Waals surface area contributed by atoms with Crippen molar-refractivity contribution in [2.24, 2.45) is 11.3 Å². The van der Waals surface area contributed by atoms with Crippen molar-refractivity contribution in [2.45, 2.75) is 47.1 Å². The number of aromatic nitrogens is 2. The lowest BCUT2D eigenvalue weighted by Crippen LogP contribution is -2.26. The lowest BCUT2D eigenvalue weighted by Gasteiger charge is -2.28. The Morgan fingerprint density at radius 3 is 2.38 bits per heavy atom. The van der Waals surface area contributed by atoms with Crippen LogP contribution < -0.4 is 0 Å². The van der Waals surface area contributed by atoms with Gasteiger partial charge in [-0.1, -0.05) is 20.8 Å². The molecule has 0 radical (unpaired) electrons. The molecule has 1 heterocycles. The summed E-state index contributed by atoms with van der Waals surface area (Å²) in [6.07, 6.45) is 2.86. The zero-order valence-corrected chi connectivity index (χ0v) is 11.1. The van der Waals surface area contributed by atoms with Gasteiger partial charge in [0.1, 0.15) is 0 Å². The minimum absolute atomic E-state index is 0.121. The molecule has 0 aliphatic carbocycles. The summed E-state index contributed by atoms with van der Waals surface area (Å²) in [6, 6.07) is 2.45.